The van der Waals surface area contributed by atoms with Gasteiger partial charge in [0.25, 0.3) is 0 Å². The average Bonchev–Trinajstić information content (AvgIpc) is 2.96. The van der Waals surface area contributed by atoms with Crippen LogP contribution in [0.2, 0.25) is 0 Å². The molecule has 0 aliphatic carbocycles. The Hall–Kier alpha value is -2.08. The van der Waals surface area contributed by atoms with Gasteiger partial charge in [-0.3, -0.25) is 0 Å². The van der Waals surface area contributed by atoms with Crippen molar-refractivity contribution < 1.29 is 14.0 Å². The van der Waals surface area contributed by atoms with Crippen molar-refractivity contribution in [2.75, 3.05) is 7.05 Å². The van der Waals surface area contributed by atoms with Crippen LogP contribution >= 0.6 is 0 Å². The first kappa shape index (κ1) is 13.9. The zero-order chi connectivity index (χ0) is 14.9. The first-order valence-corrected chi connectivity index (χ1v) is 6.96. The number of nitrogens with zero attached hydrogens (tertiary/aromatic N) is 2. The SMILES string of the molecule is CNC1CC(C)(C)Oc2cc(OCc3ncon3)ccc21. The van der Waals surface area contributed by atoms with Gasteiger partial charge in [0.2, 0.25) is 12.2 Å². The fraction of sp³-hybridized carbons (Fsp3) is 0.467. The molecule has 6 nitrogen and oxygen atoms in total. The zero-order valence-corrected chi connectivity index (χ0v) is 12.4. The van der Waals surface area contributed by atoms with Crippen molar-refractivity contribution in [2.24, 2.45) is 0 Å². The van der Waals surface area contributed by atoms with Gasteiger partial charge in [0.15, 0.2) is 6.61 Å². The molecule has 1 aliphatic rings. The molecule has 21 heavy (non-hydrogen) atoms. The van der Waals surface area contributed by atoms with Crippen molar-refractivity contribution in [1.82, 2.24) is 15.5 Å². The molecule has 0 spiro atoms. The van der Waals surface area contributed by atoms with E-state index in [0.29, 0.717) is 5.82 Å². The Bertz CT molecular complexity index is 611. The lowest BCUT2D eigenvalue weighted by Crippen LogP contribution is -2.38. The van der Waals surface area contributed by atoms with E-state index in [1.807, 2.05) is 25.2 Å². The molecular weight excluding hydrogens is 270 g/mol. The molecule has 3 rings (SSSR count). The second kappa shape index (κ2) is 5.37. The van der Waals surface area contributed by atoms with E-state index in [4.69, 9.17) is 9.47 Å². The van der Waals surface area contributed by atoms with Crippen LogP contribution in [0.15, 0.2) is 29.1 Å². The van der Waals surface area contributed by atoms with Gasteiger partial charge < -0.3 is 19.3 Å². The van der Waals surface area contributed by atoms with E-state index >= 15 is 0 Å². The van der Waals surface area contributed by atoms with Gasteiger partial charge in [-0.25, -0.2) is 0 Å². The predicted octanol–water partition coefficient (Wildman–Crippen LogP) is 2.47. The average molecular weight is 289 g/mol. The van der Waals surface area contributed by atoms with Crippen molar-refractivity contribution >= 4 is 0 Å². The lowest BCUT2D eigenvalue weighted by atomic mass is 9.90. The number of hydrogen-bond acceptors (Lipinski definition) is 6. The number of fused-ring (bicyclic) bond motifs is 1. The number of benzene rings is 1. The molecule has 1 aliphatic heterocycles. The summed E-state index contributed by atoms with van der Waals surface area (Å²) in [7, 11) is 1.97. The Morgan fingerprint density at radius 3 is 3.00 bits per heavy atom. The lowest BCUT2D eigenvalue weighted by molar-refractivity contribution is 0.0670. The number of rotatable bonds is 4. The fourth-order valence-corrected chi connectivity index (χ4v) is 2.58. The summed E-state index contributed by atoms with van der Waals surface area (Å²) in [5.41, 5.74) is 0.955. The van der Waals surface area contributed by atoms with Gasteiger partial charge in [0.1, 0.15) is 17.1 Å². The van der Waals surface area contributed by atoms with Crippen molar-refractivity contribution in [3.05, 3.63) is 36.0 Å². The van der Waals surface area contributed by atoms with Crippen molar-refractivity contribution in [2.45, 2.75) is 38.5 Å². The third kappa shape index (κ3) is 3.00. The molecule has 112 valence electrons. The molecule has 0 fully saturated rings. The van der Waals surface area contributed by atoms with E-state index in [2.05, 4.69) is 33.8 Å². The van der Waals surface area contributed by atoms with E-state index < -0.39 is 0 Å². The number of aromatic nitrogens is 2. The molecule has 1 atom stereocenters. The van der Waals surface area contributed by atoms with Crippen LogP contribution in [-0.4, -0.2) is 22.8 Å². The van der Waals surface area contributed by atoms with Crippen LogP contribution in [0, 0.1) is 0 Å². The van der Waals surface area contributed by atoms with Crippen molar-refractivity contribution in [1.29, 1.82) is 0 Å². The molecule has 6 heteroatoms. The highest BCUT2D eigenvalue weighted by atomic mass is 16.5. The van der Waals surface area contributed by atoms with Gasteiger partial charge in [-0.05, 0) is 27.0 Å². The van der Waals surface area contributed by atoms with Gasteiger partial charge in [0, 0.05) is 24.1 Å². The molecular formula is C15H19N3O3. The monoisotopic (exact) mass is 289 g/mol. The standard InChI is InChI=1S/C15H19N3O3/c1-15(2)7-12(16-3)11-5-4-10(6-13(11)21-15)19-8-14-17-9-20-18-14/h4-6,9,12,16H,7-8H2,1-3H3. The molecule has 1 N–H and O–H groups in total. The van der Waals surface area contributed by atoms with E-state index in [0.717, 1.165) is 23.5 Å². The normalized spacial score (nSPS) is 19.7. The topological polar surface area (TPSA) is 69.4 Å². The van der Waals surface area contributed by atoms with Crippen molar-refractivity contribution in [3.63, 3.8) is 0 Å². The van der Waals surface area contributed by atoms with Gasteiger partial charge in [-0.2, -0.15) is 4.98 Å². The van der Waals surface area contributed by atoms with Crippen molar-refractivity contribution in [3.8, 4) is 11.5 Å². The first-order chi connectivity index (χ1) is 10.1. The number of nitrogens with one attached hydrogen (secondary N) is 1. The molecule has 0 saturated heterocycles. The second-order valence-corrected chi connectivity index (χ2v) is 5.74. The Morgan fingerprint density at radius 1 is 1.43 bits per heavy atom. The number of hydrogen-bond donors (Lipinski definition) is 1. The molecule has 1 unspecified atom stereocenters. The Morgan fingerprint density at radius 2 is 2.29 bits per heavy atom. The minimum Gasteiger partial charge on any atom is -0.487 e. The first-order valence-electron chi connectivity index (χ1n) is 6.96. The minimum absolute atomic E-state index is 0.201. The van der Waals surface area contributed by atoms with Crippen LogP contribution in [0.4, 0.5) is 0 Å². The number of ether oxygens (including phenoxy) is 2. The highest BCUT2D eigenvalue weighted by Crippen LogP contribution is 2.41. The molecule has 0 amide bonds. The van der Waals surface area contributed by atoms with Gasteiger partial charge in [-0.1, -0.05) is 11.2 Å². The van der Waals surface area contributed by atoms with Crippen LogP contribution in [0.5, 0.6) is 11.5 Å². The quantitative estimate of drug-likeness (QED) is 0.932. The fourth-order valence-electron chi connectivity index (χ4n) is 2.58. The summed E-state index contributed by atoms with van der Waals surface area (Å²) in [6, 6.07) is 6.18. The molecule has 1 aromatic carbocycles. The van der Waals surface area contributed by atoms with Crippen LogP contribution in [-0.2, 0) is 6.61 Å². The summed E-state index contributed by atoms with van der Waals surface area (Å²) in [6.07, 6.45) is 2.22. The Kier molecular flexibility index (Phi) is 3.55. The maximum atomic E-state index is 6.06. The smallest absolute Gasteiger partial charge is 0.213 e. The van der Waals surface area contributed by atoms with E-state index in [1.54, 1.807) is 0 Å². The van der Waals surface area contributed by atoms with Gasteiger partial charge in [-0.15, -0.1) is 0 Å². The summed E-state index contributed by atoms with van der Waals surface area (Å²) >= 11 is 0. The third-order valence-electron chi connectivity index (χ3n) is 3.57. The van der Waals surface area contributed by atoms with Crippen LogP contribution in [0.3, 0.4) is 0 Å². The van der Waals surface area contributed by atoms with Crippen LogP contribution in [0.1, 0.15) is 37.7 Å². The Balaban J connectivity index is 1.80. The largest absolute Gasteiger partial charge is 0.487 e. The summed E-state index contributed by atoms with van der Waals surface area (Å²) in [4.78, 5) is 3.92. The van der Waals surface area contributed by atoms with Crippen LogP contribution in [0.25, 0.3) is 0 Å². The molecule has 0 bridgehead atoms. The maximum Gasteiger partial charge on any atom is 0.213 e. The zero-order valence-electron chi connectivity index (χ0n) is 12.4. The molecule has 1 aromatic heterocycles. The Labute approximate surface area is 123 Å². The van der Waals surface area contributed by atoms with E-state index in [1.165, 1.54) is 6.39 Å². The summed E-state index contributed by atoms with van der Waals surface area (Å²) in [5, 5.41) is 7.05. The highest BCUT2D eigenvalue weighted by molar-refractivity contribution is 5.44. The van der Waals surface area contributed by atoms with E-state index in [9.17, 15) is 0 Å². The molecule has 2 heterocycles. The van der Waals surface area contributed by atoms with E-state index in [-0.39, 0.29) is 18.2 Å². The summed E-state index contributed by atoms with van der Waals surface area (Å²) in [6.45, 7) is 4.45. The lowest BCUT2D eigenvalue weighted by Gasteiger charge is -2.37. The molecule has 0 radical (unpaired) electrons. The second-order valence-electron chi connectivity index (χ2n) is 5.74. The van der Waals surface area contributed by atoms with Gasteiger partial charge >= 0.3 is 0 Å². The maximum absolute atomic E-state index is 6.06. The van der Waals surface area contributed by atoms with Gasteiger partial charge in [0.05, 0.1) is 0 Å². The summed E-state index contributed by atoms with van der Waals surface area (Å²) in [5.74, 6) is 2.10. The minimum atomic E-state index is -0.201. The third-order valence-corrected chi connectivity index (χ3v) is 3.57. The molecule has 0 saturated carbocycles. The van der Waals surface area contributed by atoms with Crippen LogP contribution < -0.4 is 14.8 Å². The summed E-state index contributed by atoms with van der Waals surface area (Å²) < 4.78 is 16.4. The predicted molar refractivity (Wildman–Crippen MR) is 76.2 cm³/mol. The highest BCUT2D eigenvalue weighted by Gasteiger charge is 2.33. The molecule has 2 aromatic rings.